The summed E-state index contributed by atoms with van der Waals surface area (Å²) >= 11 is 6.41. The fraction of sp³-hybridized carbons (Fsp3) is 0.594. The largest absolute Gasteiger partial charge is 0.490 e. The van der Waals surface area contributed by atoms with Gasteiger partial charge in [0.15, 0.2) is 0 Å². The smallest absolute Gasteiger partial charge is 0.264 e. The van der Waals surface area contributed by atoms with E-state index in [-0.39, 0.29) is 29.1 Å². The molecule has 2 N–H and O–H groups in total. The van der Waals surface area contributed by atoms with Crippen LogP contribution in [0.5, 0.6) is 5.75 Å². The molecule has 222 valence electrons. The number of rotatable bonds is 1. The minimum atomic E-state index is -3.76. The molecule has 0 aromatic heterocycles. The van der Waals surface area contributed by atoms with Gasteiger partial charge in [-0.05, 0) is 117 Å². The summed E-state index contributed by atoms with van der Waals surface area (Å²) in [6.07, 6.45) is 10.6. The highest BCUT2D eigenvalue weighted by atomic mass is 35.5. The van der Waals surface area contributed by atoms with Crippen molar-refractivity contribution in [3.8, 4) is 5.75 Å². The molecule has 0 unspecified atom stereocenters. The summed E-state index contributed by atoms with van der Waals surface area (Å²) in [5, 5.41) is 12.0. The number of carbonyl (C=O) groups excluding carboxylic acids is 1. The lowest BCUT2D eigenvalue weighted by Crippen LogP contribution is -2.48. The Morgan fingerprint density at radius 3 is 2.80 bits per heavy atom. The zero-order valence-electron chi connectivity index (χ0n) is 23.8. The molecule has 2 heterocycles. The molecular formula is C32H41ClN2O5S. The van der Waals surface area contributed by atoms with Crippen molar-refractivity contribution in [1.82, 2.24) is 4.72 Å². The lowest BCUT2D eigenvalue weighted by Gasteiger charge is -2.46. The zero-order valence-corrected chi connectivity index (χ0v) is 25.4. The second kappa shape index (κ2) is 11.1. The summed E-state index contributed by atoms with van der Waals surface area (Å²) in [5.41, 5.74) is 2.93. The Kier molecular flexibility index (Phi) is 7.79. The molecule has 2 aliphatic heterocycles. The van der Waals surface area contributed by atoms with Crippen molar-refractivity contribution in [3.05, 3.63) is 58.7 Å². The monoisotopic (exact) mass is 600 g/mol. The average Bonchev–Trinajstić information content (AvgIpc) is 3.71. The molecule has 6 rings (SSSR count). The third-order valence-electron chi connectivity index (χ3n) is 10.3. The molecule has 3 fully saturated rings. The number of aliphatic hydroxyl groups is 1. The Morgan fingerprint density at radius 2 is 2.05 bits per heavy atom. The summed E-state index contributed by atoms with van der Waals surface area (Å²) in [7, 11) is -3.76. The summed E-state index contributed by atoms with van der Waals surface area (Å²) in [5.74, 6) is 1.14. The number of carbonyl (C=O) groups is 1. The third-order valence-corrected chi connectivity index (χ3v) is 11.9. The Labute approximate surface area is 248 Å². The highest BCUT2D eigenvalue weighted by molar-refractivity contribution is 7.90. The molecule has 3 aliphatic carbocycles. The predicted octanol–water partition coefficient (Wildman–Crippen LogP) is 5.56. The molecule has 1 aromatic carbocycles. The fourth-order valence-electron chi connectivity index (χ4n) is 7.58. The maximum atomic E-state index is 13.1. The van der Waals surface area contributed by atoms with E-state index in [1.807, 2.05) is 19.1 Å². The number of fused-ring (bicyclic) bond motifs is 3. The normalized spacial score (nSPS) is 36.4. The van der Waals surface area contributed by atoms with Crippen LogP contribution in [-0.2, 0) is 10.0 Å². The number of nitrogens with one attached hydrogen (secondary N) is 1. The van der Waals surface area contributed by atoms with Gasteiger partial charge in [0, 0.05) is 29.1 Å². The van der Waals surface area contributed by atoms with Crippen LogP contribution in [0.4, 0.5) is 5.69 Å². The molecule has 9 heteroatoms. The molecule has 41 heavy (non-hydrogen) atoms. The van der Waals surface area contributed by atoms with Gasteiger partial charge >= 0.3 is 0 Å². The van der Waals surface area contributed by atoms with Crippen molar-refractivity contribution < 1.29 is 23.1 Å². The number of amides is 1. The summed E-state index contributed by atoms with van der Waals surface area (Å²) < 4.78 is 34.2. The van der Waals surface area contributed by atoms with Gasteiger partial charge in [0.1, 0.15) is 5.75 Å². The number of aliphatic hydroxyl groups excluding tert-OH is 1. The molecule has 7 nitrogen and oxygen atoms in total. The summed E-state index contributed by atoms with van der Waals surface area (Å²) in [6, 6.07) is 5.19. The van der Waals surface area contributed by atoms with E-state index in [0.29, 0.717) is 47.8 Å². The van der Waals surface area contributed by atoms with Crippen LogP contribution in [0.15, 0.2) is 53.1 Å². The molecule has 0 saturated heterocycles. The van der Waals surface area contributed by atoms with Gasteiger partial charge < -0.3 is 14.7 Å². The molecule has 5 aliphatic rings. The number of anilines is 1. The topological polar surface area (TPSA) is 95.9 Å². The van der Waals surface area contributed by atoms with Crippen LogP contribution in [0, 0.1) is 29.1 Å². The van der Waals surface area contributed by atoms with Crippen LogP contribution < -0.4 is 14.4 Å². The van der Waals surface area contributed by atoms with Gasteiger partial charge in [-0.15, -0.1) is 0 Å². The van der Waals surface area contributed by atoms with Gasteiger partial charge in [-0.3, -0.25) is 4.79 Å². The summed E-state index contributed by atoms with van der Waals surface area (Å²) in [4.78, 5) is 15.5. The molecule has 2 bridgehead atoms. The Morgan fingerprint density at radius 1 is 1.22 bits per heavy atom. The van der Waals surface area contributed by atoms with Gasteiger partial charge in [-0.25, -0.2) is 13.1 Å². The number of ether oxygens (including phenoxy) is 1. The number of nitrogens with zero attached hydrogens (tertiary/aromatic N) is 1. The van der Waals surface area contributed by atoms with Crippen molar-refractivity contribution in [3.63, 3.8) is 0 Å². The fourth-order valence-corrected chi connectivity index (χ4v) is 8.77. The van der Waals surface area contributed by atoms with E-state index in [1.165, 1.54) is 0 Å². The number of halogens is 1. The maximum Gasteiger partial charge on any atom is 0.264 e. The predicted molar refractivity (Wildman–Crippen MR) is 162 cm³/mol. The van der Waals surface area contributed by atoms with Gasteiger partial charge in [-0.2, -0.15) is 0 Å². The van der Waals surface area contributed by atoms with Crippen LogP contribution in [0.3, 0.4) is 0 Å². The number of sulfonamides is 1. The number of hydrogen-bond donors (Lipinski definition) is 2. The Hall–Kier alpha value is -2.29. The molecule has 0 radical (unpaired) electrons. The van der Waals surface area contributed by atoms with Gasteiger partial charge in [0.25, 0.3) is 5.91 Å². The first-order chi connectivity index (χ1) is 19.6. The lowest BCUT2D eigenvalue weighted by molar-refractivity contribution is -0.00198. The summed E-state index contributed by atoms with van der Waals surface area (Å²) in [6.45, 7) is 8.35. The van der Waals surface area contributed by atoms with Gasteiger partial charge in [0.05, 0.1) is 24.2 Å². The molecule has 1 aromatic rings. The third kappa shape index (κ3) is 5.72. The van der Waals surface area contributed by atoms with E-state index in [2.05, 4.69) is 16.2 Å². The Bertz CT molecular complexity index is 1400. The van der Waals surface area contributed by atoms with Gasteiger partial charge in [0.2, 0.25) is 10.0 Å². The highest BCUT2D eigenvalue weighted by Crippen LogP contribution is 2.53. The van der Waals surface area contributed by atoms with Gasteiger partial charge in [-0.1, -0.05) is 24.3 Å². The van der Waals surface area contributed by atoms with Crippen molar-refractivity contribution in [2.45, 2.75) is 64.4 Å². The van der Waals surface area contributed by atoms with E-state index in [9.17, 15) is 18.3 Å². The van der Waals surface area contributed by atoms with Crippen molar-refractivity contribution in [1.29, 1.82) is 0 Å². The van der Waals surface area contributed by atoms with Crippen LogP contribution >= 0.6 is 11.6 Å². The van der Waals surface area contributed by atoms with Crippen molar-refractivity contribution in [2.75, 3.05) is 30.3 Å². The van der Waals surface area contributed by atoms with E-state index in [4.69, 9.17) is 16.3 Å². The van der Waals surface area contributed by atoms with Crippen molar-refractivity contribution >= 4 is 33.2 Å². The van der Waals surface area contributed by atoms with E-state index in [0.717, 1.165) is 68.3 Å². The Balaban J connectivity index is 1.38. The average molecular weight is 601 g/mol. The van der Waals surface area contributed by atoms with Crippen LogP contribution in [0.2, 0.25) is 0 Å². The minimum absolute atomic E-state index is 0.0952. The first-order valence-electron chi connectivity index (χ1n) is 15.1. The second-order valence-corrected chi connectivity index (χ2v) is 15.1. The molecular weight excluding hydrogens is 560 g/mol. The first kappa shape index (κ1) is 28.8. The molecule has 1 spiro atoms. The van der Waals surface area contributed by atoms with E-state index >= 15 is 0 Å². The van der Waals surface area contributed by atoms with Crippen molar-refractivity contribution in [2.24, 2.45) is 29.1 Å². The molecule has 3 saturated carbocycles. The number of hydrogen-bond acceptors (Lipinski definition) is 6. The van der Waals surface area contributed by atoms with E-state index in [1.54, 1.807) is 18.2 Å². The molecule has 1 amide bonds. The standard InChI is InChI=1S/C32H41ClN2O5S/c1-3-25(33)14-21-6-4-12-32(20(21)2)18-35-17-24-8-10-26(24)30(36)27-15-22(27)7-5-13-41(38,39)34-31(37)23-9-11-29(40-19-32)28(35)16-23/h3,9,11,14,16,22,24,26-27,30,36H,2,4-8,10,12-13,15,17-19H2,1H3,(H,34,37)/b21-14-,25-3+/t22-,24+,26-,27-,30-,32+/m1/s1. The van der Waals surface area contributed by atoms with Crippen LogP contribution in [0.1, 0.15) is 68.6 Å². The number of allylic oxidation sites excluding steroid dienone is 4. The molecule has 6 atom stereocenters. The quantitative estimate of drug-likeness (QED) is 0.438. The lowest BCUT2D eigenvalue weighted by atomic mass is 9.67. The zero-order chi connectivity index (χ0) is 28.9. The number of benzene rings is 1. The highest BCUT2D eigenvalue weighted by Gasteiger charge is 2.50. The SMILES string of the molecule is C=C1/C(=C\C(Cl)=C/C)CCC[C@]12COc1ccc3cc1N(C[C@@H]1CC[C@H]1[C@@H](O)[C@@H]1C[C@H]1CCCS(=O)(=O)NC3=O)C2. The van der Waals surface area contributed by atoms with Crippen LogP contribution in [-0.4, -0.2) is 51.0 Å². The maximum absolute atomic E-state index is 13.1. The minimum Gasteiger partial charge on any atom is -0.490 e. The second-order valence-electron chi connectivity index (χ2n) is 12.9. The van der Waals surface area contributed by atoms with Crippen LogP contribution in [0.25, 0.3) is 0 Å². The first-order valence-corrected chi connectivity index (χ1v) is 17.1. The van der Waals surface area contributed by atoms with E-state index < -0.39 is 15.9 Å².